The number of hydrogen-bond donors (Lipinski definition) is 0. The number of thiazole rings is 1. The van der Waals surface area contributed by atoms with Gasteiger partial charge in [0.15, 0.2) is 5.13 Å². The van der Waals surface area contributed by atoms with E-state index in [-0.39, 0.29) is 17.3 Å². The first-order chi connectivity index (χ1) is 10.6. The summed E-state index contributed by atoms with van der Waals surface area (Å²) in [6.07, 6.45) is 1.30. The molecule has 0 radical (unpaired) electrons. The van der Waals surface area contributed by atoms with E-state index in [0.29, 0.717) is 5.13 Å². The Hall–Kier alpha value is -2.50. The molecule has 1 aromatic heterocycles. The number of benzene rings is 1. The van der Waals surface area contributed by atoms with Crippen LogP contribution in [0, 0.1) is 21.4 Å². The normalized spacial score (nSPS) is 17.8. The summed E-state index contributed by atoms with van der Waals surface area (Å²) in [5.41, 5.74) is 0.500. The van der Waals surface area contributed by atoms with Crippen molar-refractivity contribution in [3.8, 4) is 6.07 Å². The van der Waals surface area contributed by atoms with E-state index in [2.05, 4.69) is 9.98 Å². The standard InChI is InChI=1S/C13H8ClN5O2S/c14-12-11(19(20)21)9(5-6-15)18(7-16-12)13-17-8-3-1-2-4-10(8)22-13/h1-4,7,9H,5H2. The molecule has 2 aromatic rings. The second-order valence-corrected chi connectivity index (χ2v) is 5.79. The maximum atomic E-state index is 11.2. The van der Waals surface area contributed by atoms with Gasteiger partial charge in [0.1, 0.15) is 6.04 Å². The Labute approximate surface area is 133 Å². The number of hydrogen-bond acceptors (Lipinski definition) is 7. The number of fused-ring (bicyclic) bond motifs is 1. The molecule has 0 N–H and O–H groups in total. The summed E-state index contributed by atoms with van der Waals surface area (Å²) in [6.45, 7) is 0. The first-order valence-electron chi connectivity index (χ1n) is 6.21. The lowest BCUT2D eigenvalue weighted by Crippen LogP contribution is -2.40. The first kappa shape index (κ1) is 14.4. The van der Waals surface area contributed by atoms with Crippen LogP contribution < -0.4 is 4.90 Å². The van der Waals surface area contributed by atoms with E-state index in [1.807, 2.05) is 30.3 Å². The van der Waals surface area contributed by atoms with Crippen LogP contribution in [0.3, 0.4) is 0 Å². The predicted molar refractivity (Wildman–Crippen MR) is 84.5 cm³/mol. The molecule has 0 saturated carbocycles. The molecule has 1 aliphatic rings. The zero-order valence-electron chi connectivity index (χ0n) is 11.0. The Kier molecular flexibility index (Phi) is 3.75. The quantitative estimate of drug-likeness (QED) is 0.488. The molecule has 110 valence electrons. The van der Waals surface area contributed by atoms with E-state index in [1.54, 1.807) is 0 Å². The van der Waals surface area contributed by atoms with Crippen molar-refractivity contribution < 1.29 is 4.92 Å². The fourth-order valence-electron chi connectivity index (χ4n) is 2.16. The summed E-state index contributed by atoms with van der Waals surface area (Å²) >= 11 is 7.20. The van der Waals surface area contributed by atoms with Gasteiger partial charge < -0.3 is 0 Å². The minimum Gasteiger partial charge on any atom is -0.293 e. The largest absolute Gasteiger partial charge is 0.306 e. The molecule has 0 amide bonds. The summed E-state index contributed by atoms with van der Waals surface area (Å²) in [4.78, 5) is 20.5. The molecule has 1 aromatic carbocycles. The number of nitro groups is 1. The average Bonchev–Trinajstić information content (AvgIpc) is 2.91. The Morgan fingerprint density at radius 2 is 2.27 bits per heavy atom. The number of halogens is 1. The van der Waals surface area contributed by atoms with E-state index < -0.39 is 11.0 Å². The Morgan fingerprint density at radius 3 is 2.95 bits per heavy atom. The maximum Gasteiger partial charge on any atom is 0.306 e. The summed E-state index contributed by atoms with van der Waals surface area (Å²) in [5, 5.41) is 20.5. The van der Waals surface area contributed by atoms with E-state index in [4.69, 9.17) is 16.9 Å². The van der Waals surface area contributed by atoms with E-state index >= 15 is 0 Å². The number of nitriles is 1. The van der Waals surface area contributed by atoms with Gasteiger partial charge in [0, 0.05) is 0 Å². The molecule has 22 heavy (non-hydrogen) atoms. The highest BCUT2D eigenvalue weighted by atomic mass is 35.5. The third-order valence-electron chi connectivity index (χ3n) is 3.14. The van der Waals surface area contributed by atoms with Crippen LogP contribution in [0.2, 0.25) is 0 Å². The van der Waals surface area contributed by atoms with Crippen molar-refractivity contribution in [2.45, 2.75) is 12.5 Å². The van der Waals surface area contributed by atoms with Gasteiger partial charge in [-0.25, -0.2) is 9.98 Å². The lowest BCUT2D eigenvalue weighted by molar-refractivity contribution is -0.430. The Bertz CT molecular complexity index is 820. The van der Waals surface area contributed by atoms with Crippen LogP contribution in [0.25, 0.3) is 10.2 Å². The summed E-state index contributed by atoms with van der Waals surface area (Å²) in [5.74, 6) is 0. The molecular formula is C13H8ClN5O2S. The van der Waals surface area contributed by atoms with Crippen molar-refractivity contribution in [3.05, 3.63) is 45.2 Å². The third kappa shape index (κ3) is 2.41. The summed E-state index contributed by atoms with van der Waals surface area (Å²) in [6, 6.07) is 8.66. The molecule has 0 spiro atoms. The van der Waals surface area contributed by atoms with Crippen LogP contribution in [-0.2, 0) is 0 Å². The van der Waals surface area contributed by atoms with Gasteiger partial charge in [-0.15, -0.1) is 0 Å². The minimum absolute atomic E-state index is 0.0888. The topological polar surface area (TPSA) is 95.4 Å². The number of nitrogens with zero attached hydrogens (tertiary/aromatic N) is 5. The van der Waals surface area contributed by atoms with Crippen LogP contribution in [0.5, 0.6) is 0 Å². The molecule has 0 aliphatic carbocycles. The molecule has 0 fully saturated rings. The smallest absolute Gasteiger partial charge is 0.293 e. The van der Waals surface area contributed by atoms with E-state index in [0.717, 1.165) is 10.2 Å². The second kappa shape index (κ2) is 5.71. The molecule has 9 heteroatoms. The van der Waals surface area contributed by atoms with Crippen molar-refractivity contribution in [3.63, 3.8) is 0 Å². The lowest BCUT2D eigenvalue weighted by atomic mass is 10.1. The molecule has 2 heterocycles. The molecule has 7 nitrogen and oxygen atoms in total. The number of aliphatic imine (C=N–C) groups is 1. The molecule has 0 bridgehead atoms. The average molecular weight is 334 g/mol. The fourth-order valence-corrected chi connectivity index (χ4v) is 3.38. The van der Waals surface area contributed by atoms with Gasteiger partial charge in [0.2, 0.25) is 5.16 Å². The number of para-hydroxylation sites is 1. The zero-order chi connectivity index (χ0) is 15.7. The van der Waals surface area contributed by atoms with Crippen molar-refractivity contribution >= 4 is 44.6 Å². The molecule has 1 atom stereocenters. The zero-order valence-corrected chi connectivity index (χ0v) is 12.6. The number of aromatic nitrogens is 1. The van der Waals surface area contributed by atoms with E-state index in [1.165, 1.54) is 22.6 Å². The fraction of sp³-hybridized carbons (Fsp3) is 0.154. The molecule has 0 saturated heterocycles. The van der Waals surface area contributed by atoms with Gasteiger partial charge in [-0.05, 0) is 12.1 Å². The van der Waals surface area contributed by atoms with Crippen LogP contribution in [-0.4, -0.2) is 22.3 Å². The Morgan fingerprint density at radius 1 is 1.50 bits per heavy atom. The van der Waals surface area contributed by atoms with Gasteiger partial charge in [-0.1, -0.05) is 35.1 Å². The third-order valence-corrected chi connectivity index (χ3v) is 4.48. The van der Waals surface area contributed by atoms with Gasteiger partial charge in [0.05, 0.1) is 34.0 Å². The lowest BCUT2D eigenvalue weighted by Gasteiger charge is -2.26. The van der Waals surface area contributed by atoms with Crippen molar-refractivity contribution in [2.24, 2.45) is 4.99 Å². The molecule has 1 aliphatic heterocycles. The predicted octanol–water partition coefficient (Wildman–Crippen LogP) is 3.11. The SMILES string of the molecule is N#CCC1C([N+](=O)[O-])=C(Cl)N=CN1c1nc2ccccc2s1. The first-order valence-corrected chi connectivity index (χ1v) is 7.40. The Balaban J connectivity index is 2.08. The number of anilines is 1. The van der Waals surface area contributed by atoms with Crippen LogP contribution in [0.1, 0.15) is 6.42 Å². The van der Waals surface area contributed by atoms with Crippen LogP contribution >= 0.6 is 22.9 Å². The highest BCUT2D eigenvalue weighted by Gasteiger charge is 2.37. The van der Waals surface area contributed by atoms with Gasteiger partial charge in [-0.2, -0.15) is 5.26 Å². The molecular weight excluding hydrogens is 326 g/mol. The van der Waals surface area contributed by atoms with Crippen molar-refractivity contribution in [1.82, 2.24) is 4.98 Å². The minimum atomic E-state index is -0.814. The monoisotopic (exact) mass is 333 g/mol. The van der Waals surface area contributed by atoms with Gasteiger partial charge >= 0.3 is 5.70 Å². The van der Waals surface area contributed by atoms with E-state index in [9.17, 15) is 10.1 Å². The highest BCUT2D eigenvalue weighted by molar-refractivity contribution is 7.22. The molecule has 1 unspecified atom stereocenters. The summed E-state index contributed by atoms with van der Waals surface area (Å²) < 4.78 is 0.949. The number of rotatable bonds is 3. The van der Waals surface area contributed by atoms with Crippen molar-refractivity contribution in [2.75, 3.05) is 4.90 Å². The molecule has 3 rings (SSSR count). The highest BCUT2D eigenvalue weighted by Crippen LogP contribution is 2.34. The van der Waals surface area contributed by atoms with Gasteiger partial charge in [0.25, 0.3) is 0 Å². The van der Waals surface area contributed by atoms with Crippen molar-refractivity contribution in [1.29, 1.82) is 5.26 Å². The van der Waals surface area contributed by atoms with Crippen LogP contribution in [0.15, 0.2) is 40.1 Å². The van der Waals surface area contributed by atoms with Gasteiger partial charge in [-0.3, -0.25) is 15.0 Å². The second-order valence-electron chi connectivity index (χ2n) is 4.43. The van der Waals surface area contributed by atoms with Crippen LogP contribution in [0.4, 0.5) is 5.13 Å². The summed E-state index contributed by atoms with van der Waals surface area (Å²) in [7, 11) is 0. The maximum absolute atomic E-state index is 11.2.